The van der Waals surface area contributed by atoms with E-state index < -0.39 is 0 Å². The van der Waals surface area contributed by atoms with Gasteiger partial charge in [-0.2, -0.15) is 0 Å². The van der Waals surface area contributed by atoms with Crippen LogP contribution >= 0.6 is 0 Å². The number of benzene rings is 1. The molecule has 0 bridgehead atoms. The number of nitrogens with two attached hydrogens (primary N) is 2. The normalized spacial score (nSPS) is 10.5. The molecule has 78 valence electrons. The molecular formula is C11H14N4. The Labute approximate surface area is 88.3 Å². The number of hydrogen-bond acceptors (Lipinski definition) is 4. The van der Waals surface area contributed by atoms with Gasteiger partial charge in [0, 0.05) is 30.4 Å². The highest BCUT2D eigenvalue weighted by Crippen LogP contribution is 2.25. The number of pyridine rings is 1. The zero-order valence-electron chi connectivity index (χ0n) is 8.40. The number of nitrogens with one attached hydrogen (secondary N) is 1. The predicted molar refractivity (Wildman–Crippen MR) is 63.7 cm³/mol. The summed E-state index contributed by atoms with van der Waals surface area (Å²) < 4.78 is 0. The molecule has 0 amide bonds. The topological polar surface area (TPSA) is 77.0 Å². The van der Waals surface area contributed by atoms with Crippen molar-refractivity contribution in [3.8, 4) is 0 Å². The van der Waals surface area contributed by atoms with Crippen LogP contribution in [0.15, 0.2) is 30.5 Å². The maximum atomic E-state index is 5.84. The largest absolute Gasteiger partial charge is 0.397 e. The van der Waals surface area contributed by atoms with Gasteiger partial charge in [0.2, 0.25) is 0 Å². The van der Waals surface area contributed by atoms with E-state index in [0.717, 1.165) is 23.1 Å². The first-order valence-corrected chi connectivity index (χ1v) is 4.90. The minimum Gasteiger partial charge on any atom is -0.397 e. The molecule has 0 unspecified atom stereocenters. The van der Waals surface area contributed by atoms with Crippen LogP contribution in [0.1, 0.15) is 0 Å². The molecule has 0 atom stereocenters. The van der Waals surface area contributed by atoms with Crippen molar-refractivity contribution in [3.05, 3.63) is 30.5 Å². The standard InChI is InChI=1S/C11H14N4/c12-5-7-14-10-4-3-9(13)11-8(10)2-1-6-15-11/h1-4,6,14H,5,7,12-13H2. The molecule has 0 aliphatic rings. The third-order valence-corrected chi connectivity index (χ3v) is 2.26. The van der Waals surface area contributed by atoms with Crippen molar-refractivity contribution in [2.45, 2.75) is 0 Å². The van der Waals surface area contributed by atoms with Gasteiger partial charge >= 0.3 is 0 Å². The van der Waals surface area contributed by atoms with E-state index in [2.05, 4.69) is 10.3 Å². The molecule has 4 nitrogen and oxygen atoms in total. The van der Waals surface area contributed by atoms with Crippen LogP contribution in [0, 0.1) is 0 Å². The van der Waals surface area contributed by atoms with Crippen LogP contribution in [0.5, 0.6) is 0 Å². The molecule has 1 aromatic heterocycles. The van der Waals surface area contributed by atoms with Crippen molar-refractivity contribution in [2.24, 2.45) is 5.73 Å². The van der Waals surface area contributed by atoms with Gasteiger partial charge < -0.3 is 16.8 Å². The highest BCUT2D eigenvalue weighted by atomic mass is 14.9. The summed E-state index contributed by atoms with van der Waals surface area (Å²) in [7, 11) is 0. The molecule has 1 aromatic carbocycles. The monoisotopic (exact) mass is 202 g/mol. The van der Waals surface area contributed by atoms with E-state index in [1.54, 1.807) is 6.20 Å². The Balaban J connectivity index is 2.51. The van der Waals surface area contributed by atoms with Gasteiger partial charge in [0.15, 0.2) is 0 Å². The summed E-state index contributed by atoms with van der Waals surface area (Å²) in [4.78, 5) is 4.25. The fourth-order valence-electron chi connectivity index (χ4n) is 1.56. The Morgan fingerprint density at radius 2 is 2.13 bits per heavy atom. The predicted octanol–water partition coefficient (Wildman–Crippen LogP) is 1.19. The molecule has 4 heteroatoms. The molecule has 1 heterocycles. The van der Waals surface area contributed by atoms with Crippen molar-refractivity contribution in [1.29, 1.82) is 0 Å². The lowest BCUT2D eigenvalue weighted by Gasteiger charge is -2.09. The second-order valence-corrected chi connectivity index (χ2v) is 3.32. The lowest BCUT2D eigenvalue weighted by atomic mass is 10.1. The maximum absolute atomic E-state index is 5.84. The number of hydrogen-bond donors (Lipinski definition) is 3. The zero-order chi connectivity index (χ0) is 10.7. The number of rotatable bonds is 3. The van der Waals surface area contributed by atoms with Crippen LogP contribution in [0.4, 0.5) is 11.4 Å². The van der Waals surface area contributed by atoms with Gasteiger partial charge in [-0.3, -0.25) is 4.98 Å². The molecule has 0 radical (unpaired) electrons. The summed E-state index contributed by atoms with van der Waals surface area (Å²) in [5.41, 5.74) is 13.8. The van der Waals surface area contributed by atoms with Crippen molar-refractivity contribution in [2.75, 3.05) is 24.1 Å². The van der Waals surface area contributed by atoms with E-state index in [1.165, 1.54) is 0 Å². The Hall–Kier alpha value is -1.81. The molecule has 15 heavy (non-hydrogen) atoms. The smallest absolute Gasteiger partial charge is 0.0951 e. The number of nitrogens with zero attached hydrogens (tertiary/aromatic N) is 1. The van der Waals surface area contributed by atoms with Gasteiger partial charge in [0.1, 0.15) is 0 Å². The average molecular weight is 202 g/mol. The number of nitrogen functional groups attached to an aromatic ring is 1. The van der Waals surface area contributed by atoms with E-state index in [9.17, 15) is 0 Å². The van der Waals surface area contributed by atoms with Crippen molar-refractivity contribution < 1.29 is 0 Å². The summed E-state index contributed by atoms with van der Waals surface area (Å²) in [6.07, 6.45) is 1.74. The van der Waals surface area contributed by atoms with E-state index >= 15 is 0 Å². The van der Waals surface area contributed by atoms with Gasteiger partial charge in [-0.25, -0.2) is 0 Å². The molecule has 2 aromatic rings. The van der Waals surface area contributed by atoms with Crippen molar-refractivity contribution in [3.63, 3.8) is 0 Å². The van der Waals surface area contributed by atoms with Gasteiger partial charge in [0.05, 0.1) is 11.2 Å². The zero-order valence-corrected chi connectivity index (χ0v) is 8.40. The second kappa shape index (κ2) is 4.14. The quantitative estimate of drug-likeness (QED) is 0.653. The third-order valence-electron chi connectivity index (χ3n) is 2.26. The van der Waals surface area contributed by atoms with E-state index in [0.29, 0.717) is 12.2 Å². The van der Waals surface area contributed by atoms with E-state index in [4.69, 9.17) is 11.5 Å². The molecule has 0 spiro atoms. The summed E-state index contributed by atoms with van der Waals surface area (Å²) >= 11 is 0. The molecule has 5 N–H and O–H groups in total. The number of aromatic nitrogens is 1. The highest BCUT2D eigenvalue weighted by molar-refractivity contribution is 5.98. The van der Waals surface area contributed by atoms with Gasteiger partial charge in [-0.05, 0) is 24.3 Å². The molecule has 0 saturated heterocycles. The Morgan fingerprint density at radius 1 is 1.27 bits per heavy atom. The van der Waals surface area contributed by atoms with Crippen LogP contribution in [0.3, 0.4) is 0 Å². The van der Waals surface area contributed by atoms with Crippen molar-refractivity contribution >= 4 is 22.3 Å². The molecule has 0 aliphatic heterocycles. The number of fused-ring (bicyclic) bond motifs is 1. The number of anilines is 2. The summed E-state index contributed by atoms with van der Waals surface area (Å²) in [6.45, 7) is 1.35. The van der Waals surface area contributed by atoms with E-state index in [1.807, 2.05) is 24.3 Å². The minimum atomic E-state index is 0.603. The molecule has 2 rings (SSSR count). The second-order valence-electron chi connectivity index (χ2n) is 3.32. The van der Waals surface area contributed by atoms with Crippen LogP contribution in [0.2, 0.25) is 0 Å². The lowest BCUT2D eigenvalue weighted by Crippen LogP contribution is -2.13. The maximum Gasteiger partial charge on any atom is 0.0951 e. The van der Waals surface area contributed by atoms with Gasteiger partial charge in [0.25, 0.3) is 0 Å². The first-order chi connectivity index (χ1) is 7.33. The van der Waals surface area contributed by atoms with Crippen LogP contribution in [0.25, 0.3) is 10.9 Å². The Kier molecular flexibility index (Phi) is 2.69. The highest BCUT2D eigenvalue weighted by Gasteiger charge is 2.03. The lowest BCUT2D eigenvalue weighted by molar-refractivity contribution is 1.03. The molecule has 0 aliphatic carbocycles. The van der Waals surface area contributed by atoms with E-state index in [-0.39, 0.29) is 0 Å². The van der Waals surface area contributed by atoms with Crippen LogP contribution in [-0.4, -0.2) is 18.1 Å². The molecule has 0 fully saturated rings. The Morgan fingerprint density at radius 3 is 2.93 bits per heavy atom. The minimum absolute atomic E-state index is 0.603. The Bertz CT molecular complexity index is 467. The van der Waals surface area contributed by atoms with Gasteiger partial charge in [-0.1, -0.05) is 0 Å². The summed E-state index contributed by atoms with van der Waals surface area (Å²) in [5.74, 6) is 0. The SMILES string of the molecule is NCCNc1ccc(N)c2ncccc12. The summed E-state index contributed by atoms with van der Waals surface area (Å²) in [6, 6.07) is 7.70. The van der Waals surface area contributed by atoms with Crippen molar-refractivity contribution in [1.82, 2.24) is 4.98 Å². The van der Waals surface area contributed by atoms with Crippen LogP contribution < -0.4 is 16.8 Å². The molecule has 0 saturated carbocycles. The van der Waals surface area contributed by atoms with Crippen LogP contribution in [-0.2, 0) is 0 Å². The average Bonchev–Trinajstić information content (AvgIpc) is 2.29. The first-order valence-electron chi connectivity index (χ1n) is 4.90. The fraction of sp³-hybridized carbons (Fsp3) is 0.182. The fourth-order valence-corrected chi connectivity index (χ4v) is 1.56. The van der Waals surface area contributed by atoms with Gasteiger partial charge in [-0.15, -0.1) is 0 Å². The summed E-state index contributed by atoms with van der Waals surface area (Å²) in [5, 5.41) is 4.28. The first kappa shape index (κ1) is 9.73. The third kappa shape index (κ3) is 1.85. The molecular weight excluding hydrogens is 188 g/mol.